The fourth-order valence-corrected chi connectivity index (χ4v) is 3.30. The third-order valence-corrected chi connectivity index (χ3v) is 4.92. The highest BCUT2D eigenvalue weighted by molar-refractivity contribution is 7.13. The number of pyridine rings is 1. The first-order valence-electron chi connectivity index (χ1n) is 8.95. The lowest BCUT2D eigenvalue weighted by molar-refractivity contribution is -0.124. The number of ether oxygens (including phenoxy) is 1. The highest BCUT2D eigenvalue weighted by Gasteiger charge is 2.23. The molecule has 0 bridgehead atoms. The van der Waals surface area contributed by atoms with E-state index in [0.29, 0.717) is 34.0 Å². The largest absolute Gasteiger partial charge is 0.449 e. The molecule has 4 rings (SSSR count). The fourth-order valence-electron chi connectivity index (χ4n) is 2.77. The van der Waals surface area contributed by atoms with Crippen molar-refractivity contribution in [3.05, 3.63) is 59.9 Å². The van der Waals surface area contributed by atoms with Crippen LogP contribution in [0.1, 0.15) is 23.7 Å². The van der Waals surface area contributed by atoms with Crippen molar-refractivity contribution in [2.24, 2.45) is 0 Å². The Balaban J connectivity index is 1.51. The molecule has 2 N–H and O–H groups in total. The zero-order valence-corrected chi connectivity index (χ0v) is 16.3. The molecule has 0 saturated carbocycles. The molecule has 0 saturated heterocycles. The SMILES string of the molecule is CCC(OC(=O)c1ccc2nc(-c3cccnc3)[nH]c2c1)C(=O)Nc1nccs1. The number of benzene rings is 1. The number of H-pyrrole nitrogens is 1. The number of carbonyl (C=O) groups is 2. The van der Waals surface area contributed by atoms with Crippen molar-refractivity contribution >= 4 is 39.4 Å². The lowest BCUT2D eigenvalue weighted by atomic mass is 10.2. The molecule has 1 amide bonds. The van der Waals surface area contributed by atoms with Gasteiger partial charge in [-0.05, 0) is 36.8 Å². The molecule has 146 valence electrons. The van der Waals surface area contributed by atoms with Crippen LogP contribution in [0, 0.1) is 0 Å². The Bertz CT molecular complexity index is 1140. The fraction of sp³-hybridized carbons (Fsp3) is 0.150. The number of amides is 1. The van der Waals surface area contributed by atoms with Crippen LogP contribution in [-0.2, 0) is 9.53 Å². The second kappa shape index (κ2) is 8.19. The van der Waals surface area contributed by atoms with Gasteiger partial charge in [0.15, 0.2) is 11.2 Å². The number of esters is 1. The van der Waals surface area contributed by atoms with Crippen LogP contribution < -0.4 is 5.32 Å². The molecular formula is C20H17N5O3S. The third kappa shape index (κ3) is 4.14. The van der Waals surface area contributed by atoms with Crippen molar-refractivity contribution in [1.82, 2.24) is 19.9 Å². The Labute approximate surface area is 170 Å². The molecule has 0 aliphatic rings. The van der Waals surface area contributed by atoms with E-state index in [1.807, 2.05) is 12.1 Å². The first kappa shape index (κ1) is 18.8. The van der Waals surface area contributed by atoms with Crippen molar-refractivity contribution < 1.29 is 14.3 Å². The van der Waals surface area contributed by atoms with E-state index in [9.17, 15) is 9.59 Å². The minimum atomic E-state index is -0.908. The van der Waals surface area contributed by atoms with Gasteiger partial charge in [0.05, 0.1) is 16.6 Å². The van der Waals surface area contributed by atoms with Crippen molar-refractivity contribution in [1.29, 1.82) is 0 Å². The summed E-state index contributed by atoms with van der Waals surface area (Å²) in [5, 5.41) is 4.87. The Hall–Kier alpha value is -3.59. The molecule has 4 aromatic rings. The van der Waals surface area contributed by atoms with Crippen molar-refractivity contribution in [2.75, 3.05) is 5.32 Å². The summed E-state index contributed by atoms with van der Waals surface area (Å²) in [6.07, 6.45) is 4.43. The molecule has 8 nitrogen and oxygen atoms in total. The summed E-state index contributed by atoms with van der Waals surface area (Å²) in [6, 6.07) is 8.75. The number of hydrogen-bond acceptors (Lipinski definition) is 7. The minimum Gasteiger partial charge on any atom is -0.449 e. The summed E-state index contributed by atoms with van der Waals surface area (Å²) in [6.45, 7) is 1.78. The van der Waals surface area contributed by atoms with E-state index in [0.717, 1.165) is 5.56 Å². The summed E-state index contributed by atoms with van der Waals surface area (Å²) in [5.74, 6) is -0.323. The van der Waals surface area contributed by atoms with Crippen LogP contribution in [-0.4, -0.2) is 37.9 Å². The van der Waals surface area contributed by atoms with Crippen LogP contribution >= 0.6 is 11.3 Å². The maximum absolute atomic E-state index is 12.6. The van der Waals surface area contributed by atoms with Gasteiger partial charge >= 0.3 is 5.97 Å². The Morgan fingerprint density at radius 1 is 1.28 bits per heavy atom. The van der Waals surface area contributed by atoms with Crippen LogP contribution in [0.2, 0.25) is 0 Å². The quantitative estimate of drug-likeness (QED) is 0.472. The van der Waals surface area contributed by atoms with Gasteiger partial charge in [-0.25, -0.2) is 14.8 Å². The van der Waals surface area contributed by atoms with E-state index >= 15 is 0 Å². The lowest BCUT2D eigenvalue weighted by Crippen LogP contribution is -2.32. The smallest absolute Gasteiger partial charge is 0.338 e. The number of anilines is 1. The van der Waals surface area contributed by atoms with Gasteiger partial charge in [0.1, 0.15) is 5.82 Å². The van der Waals surface area contributed by atoms with Crippen LogP contribution in [0.25, 0.3) is 22.4 Å². The summed E-state index contributed by atoms with van der Waals surface area (Å²) >= 11 is 1.30. The number of imidazole rings is 1. The number of nitrogens with zero attached hydrogens (tertiary/aromatic N) is 3. The van der Waals surface area contributed by atoms with E-state index in [-0.39, 0.29) is 0 Å². The number of carbonyl (C=O) groups excluding carboxylic acids is 2. The molecule has 9 heteroatoms. The predicted molar refractivity (Wildman–Crippen MR) is 110 cm³/mol. The molecule has 0 aliphatic heterocycles. The summed E-state index contributed by atoms with van der Waals surface area (Å²) in [4.78, 5) is 40.7. The number of aromatic amines is 1. The highest BCUT2D eigenvalue weighted by atomic mass is 32.1. The molecule has 29 heavy (non-hydrogen) atoms. The summed E-state index contributed by atoms with van der Waals surface area (Å²) < 4.78 is 5.42. The molecule has 0 fully saturated rings. The number of hydrogen-bond donors (Lipinski definition) is 2. The molecule has 3 aromatic heterocycles. The minimum absolute atomic E-state index is 0.333. The lowest BCUT2D eigenvalue weighted by Gasteiger charge is -2.15. The number of fused-ring (bicyclic) bond motifs is 1. The average molecular weight is 407 g/mol. The van der Waals surface area contributed by atoms with Gasteiger partial charge in [-0.2, -0.15) is 0 Å². The number of rotatable bonds is 6. The molecule has 1 unspecified atom stereocenters. The highest BCUT2D eigenvalue weighted by Crippen LogP contribution is 2.21. The van der Waals surface area contributed by atoms with Crippen molar-refractivity contribution in [2.45, 2.75) is 19.4 Å². The van der Waals surface area contributed by atoms with Gasteiger partial charge in [-0.15, -0.1) is 11.3 Å². The van der Waals surface area contributed by atoms with Crippen molar-refractivity contribution in [3.63, 3.8) is 0 Å². The second-order valence-corrected chi connectivity index (χ2v) is 7.08. The molecule has 0 aliphatic carbocycles. The number of nitrogens with one attached hydrogen (secondary N) is 2. The van der Waals surface area contributed by atoms with E-state index in [4.69, 9.17) is 4.74 Å². The van der Waals surface area contributed by atoms with Crippen LogP contribution in [0.5, 0.6) is 0 Å². The average Bonchev–Trinajstić information content (AvgIpc) is 3.41. The normalized spacial score (nSPS) is 11.9. The molecule has 0 radical (unpaired) electrons. The molecule has 3 heterocycles. The van der Waals surface area contributed by atoms with E-state index in [1.54, 1.807) is 49.1 Å². The number of aromatic nitrogens is 4. The molecule has 1 atom stereocenters. The summed E-state index contributed by atoms with van der Waals surface area (Å²) in [7, 11) is 0. The van der Waals surface area contributed by atoms with E-state index in [1.165, 1.54) is 11.3 Å². The van der Waals surface area contributed by atoms with Gasteiger partial charge in [0.2, 0.25) is 0 Å². The van der Waals surface area contributed by atoms with Crippen LogP contribution in [0.3, 0.4) is 0 Å². The van der Waals surface area contributed by atoms with Gasteiger partial charge in [-0.3, -0.25) is 15.1 Å². The third-order valence-electron chi connectivity index (χ3n) is 4.23. The van der Waals surface area contributed by atoms with Gasteiger partial charge in [0.25, 0.3) is 5.91 Å². The van der Waals surface area contributed by atoms with Crippen LogP contribution in [0.4, 0.5) is 5.13 Å². The Morgan fingerprint density at radius 2 is 2.17 bits per heavy atom. The zero-order chi connectivity index (χ0) is 20.2. The number of thiazole rings is 1. The maximum atomic E-state index is 12.6. The monoisotopic (exact) mass is 407 g/mol. The first-order valence-corrected chi connectivity index (χ1v) is 9.83. The molecular weight excluding hydrogens is 390 g/mol. The van der Waals surface area contributed by atoms with E-state index in [2.05, 4.69) is 25.3 Å². The maximum Gasteiger partial charge on any atom is 0.338 e. The summed E-state index contributed by atoms with van der Waals surface area (Å²) in [5.41, 5.74) is 2.59. The standard InChI is InChI=1S/C20H17N5O3S/c1-2-16(18(26)25-20-22-8-9-29-20)28-19(27)12-5-6-14-15(10-12)24-17(23-14)13-4-3-7-21-11-13/h3-11,16H,2H2,1H3,(H,23,24)(H,22,25,26). The molecule has 1 aromatic carbocycles. The topological polar surface area (TPSA) is 110 Å². The second-order valence-electron chi connectivity index (χ2n) is 6.19. The van der Waals surface area contributed by atoms with Gasteiger partial charge in [0, 0.05) is 29.5 Å². The zero-order valence-electron chi connectivity index (χ0n) is 15.5. The van der Waals surface area contributed by atoms with Crippen LogP contribution in [0.15, 0.2) is 54.3 Å². The Morgan fingerprint density at radius 3 is 2.90 bits per heavy atom. The predicted octanol–water partition coefficient (Wildman–Crippen LogP) is 3.66. The van der Waals surface area contributed by atoms with Gasteiger partial charge < -0.3 is 9.72 Å². The molecule has 0 spiro atoms. The Kier molecular flexibility index (Phi) is 5.30. The van der Waals surface area contributed by atoms with Gasteiger partial charge in [-0.1, -0.05) is 6.92 Å². The van der Waals surface area contributed by atoms with Crippen molar-refractivity contribution in [3.8, 4) is 11.4 Å². The first-order chi connectivity index (χ1) is 14.1. The van der Waals surface area contributed by atoms with E-state index < -0.39 is 18.0 Å².